The smallest absolute Gasteiger partial charge is 0.351 e. The maximum Gasteiger partial charge on any atom is 0.418 e. The Morgan fingerprint density at radius 2 is 1.86 bits per heavy atom. The van der Waals surface area contributed by atoms with E-state index in [0.29, 0.717) is 17.8 Å². The van der Waals surface area contributed by atoms with Crippen LogP contribution in [0.4, 0.5) is 30.6 Å². The Bertz CT molecular complexity index is 638. The zero-order chi connectivity index (χ0) is 14.9. The minimum absolute atomic E-state index is 0.0268. The molecule has 4 nitrogen and oxygen atoms in total. The number of alkyl halides is 3. The van der Waals surface area contributed by atoms with Crippen LogP contribution in [-0.2, 0) is 6.18 Å². The largest absolute Gasteiger partial charge is 0.418 e. The van der Waals surface area contributed by atoms with Gasteiger partial charge in [-0.25, -0.2) is 4.98 Å². The Morgan fingerprint density at radius 1 is 1.10 bits per heavy atom. The number of para-hydroxylation sites is 1. The molecule has 0 bridgehead atoms. The number of nitrogens with one attached hydrogen (secondary N) is 2. The molecule has 1 saturated carbocycles. The van der Waals surface area contributed by atoms with Crippen molar-refractivity contribution in [2.45, 2.75) is 25.1 Å². The van der Waals surface area contributed by atoms with Gasteiger partial charge in [0.25, 0.3) is 0 Å². The predicted octanol–water partition coefficient (Wildman–Crippen LogP) is 3.81. The maximum absolute atomic E-state index is 12.9. The number of rotatable bonds is 4. The van der Waals surface area contributed by atoms with Crippen molar-refractivity contribution in [2.75, 3.05) is 10.6 Å². The first kappa shape index (κ1) is 13.7. The summed E-state index contributed by atoms with van der Waals surface area (Å²) in [7, 11) is 0. The van der Waals surface area contributed by atoms with Gasteiger partial charge >= 0.3 is 6.18 Å². The van der Waals surface area contributed by atoms with Gasteiger partial charge in [-0.3, -0.25) is 0 Å². The molecule has 0 unspecified atom stereocenters. The number of nitrogens with zero attached hydrogens (tertiary/aromatic N) is 2. The van der Waals surface area contributed by atoms with E-state index in [1.807, 2.05) is 0 Å². The van der Waals surface area contributed by atoms with Crippen LogP contribution < -0.4 is 10.6 Å². The van der Waals surface area contributed by atoms with Gasteiger partial charge in [-0.15, -0.1) is 0 Å². The van der Waals surface area contributed by atoms with Crippen molar-refractivity contribution in [3.63, 3.8) is 0 Å². The molecule has 3 rings (SSSR count). The van der Waals surface area contributed by atoms with Gasteiger partial charge in [0.2, 0.25) is 5.95 Å². The van der Waals surface area contributed by atoms with Crippen molar-refractivity contribution >= 4 is 17.5 Å². The molecule has 1 aromatic heterocycles. The Kier molecular flexibility index (Phi) is 3.40. The Hall–Kier alpha value is -2.31. The van der Waals surface area contributed by atoms with Crippen molar-refractivity contribution in [3.8, 4) is 0 Å². The summed E-state index contributed by atoms with van der Waals surface area (Å²) < 4.78 is 38.8. The van der Waals surface area contributed by atoms with E-state index in [9.17, 15) is 13.2 Å². The predicted molar refractivity (Wildman–Crippen MR) is 73.4 cm³/mol. The highest BCUT2D eigenvalue weighted by molar-refractivity contribution is 5.61. The van der Waals surface area contributed by atoms with E-state index >= 15 is 0 Å². The van der Waals surface area contributed by atoms with Crippen molar-refractivity contribution in [3.05, 3.63) is 42.1 Å². The fourth-order valence-corrected chi connectivity index (χ4v) is 1.89. The third kappa shape index (κ3) is 3.42. The molecule has 2 N–H and O–H groups in total. The normalized spacial score (nSPS) is 14.8. The lowest BCUT2D eigenvalue weighted by atomic mass is 10.1. The molecule has 0 amide bonds. The molecule has 0 saturated heterocycles. The van der Waals surface area contributed by atoms with E-state index in [0.717, 1.165) is 18.9 Å². The van der Waals surface area contributed by atoms with Gasteiger partial charge in [-0.2, -0.15) is 18.2 Å². The summed E-state index contributed by atoms with van der Waals surface area (Å²) >= 11 is 0. The van der Waals surface area contributed by atoms with E-state index in [2.05, 4.69) is 20.6 Å². The first-order valence-corrected chi connectivity index (χ1v) is 6.55. The van der Waals surface area contributed by atoms with Crippen molar-refractivity contribution in [1.82, 2.24) is 9.97 Å². The lowest BCUT2D eigenvalue weighted by Crippen LogP contribution is -2.10. The molecule has 1 aliphatic carbocycles. The monoisotopic (exact) mass is 294 g/mol. The minimum Gasteiger partial charge on any atom is -0.351 e. The van der Waals surface area contributed by atoms with Crippen LogP contribution in [0.25, 0.3) is 0 Å². The molecule has 21 heavy (non-hydrogen) atoms. The van der Waals surface area contributed by atoms with Crippen molar-refractivity contribution < 1.29 is 13.2 Å². The Balaban J connectivity index is 1.83. The van der Waals surface area contributed by atoms with E-state index in [4.69, 9.17) is 0 Å². The second-order valence-corrected chi connectivity index (χ2v) is 4.85. The second kappa shape index (κ2) is 5.23. The summed E-state index contributed by atoms with van der Waals surface area (Å²) in [6.07, 6.45) is -0.766. The molecule has 0 spiro atoms. The topological polar surface area (TPSA) is 49.8 Å². The molecule has 1 aliphatic rings. The molecule has 0 aliphatic heterocycles. The van der Waals surface area contributed by atoms with Crippen LogP contribution in [0.3, 0.4) is 0 Å². The van der Waals surface area contributed by atoms with E-state index in [1.165, 1.54) is 24.4 Å². The summed E-state index contributed by atoms with van der Waals surface area (Å²) in [5, 5.41) is 5.80. The van der Waals surface area contributed by atoms with Crippen LogP contribution in [-0.4, -0.2) is 16.0 Å². The average Bonchev–Trinajstić information content (AvgIpc) is 3.22. The number of benzene rings is 1. The van der Waals surface area contributed by atoms with Gasteiger partial charge in [0.1, 0.15) is 5.82 Å². The molecule has 0 radical (unpaired) electrons. The zero-order valence-electron chi connectivity index (χ0n) is 11.0. The molecular weight excluding hydrogens is 281 g/mol. The van der Waals surface area contributed by atoms with Gasteiger partial charge in [-0.05, 0) is 31.0 Å². The number of halogens is 3. The van der Waals surface area contributed by atoms with Crippen LogP contribution in [0.1, 0.15) is 18.4 Å². The van der Waals surface area contributed by atoms with Gasteiger partial charge in [-0.1, -0.05) is 12.1 Å². The van der Waals surface area contributed by atoms with Crippen LogP contribution in [0.15, 0.2) is 36.5 Å². The van der Waals surface area contributed by atoms with E-state index < -0.39 is 11.7 Å². The SMILES string of the molecule is FC(F)(F)c1ccccc1Nc1ccnc(NC2CC2)n1. The van der Waals surface area contributed by atoms with Crippen LogP contribution in [0, 0.1) is 0 Å². The molecule has 110 valence electrons. The minimum atomic E-state index is -4.41. The lowest BCUT2D eigenvalue weighted by Gasteiger charge is -2.14. The number of aromatic nitrogens is 2. The van der Waals surface area contributed by atoms with Gasteiger partial charge < -0.3 is 10.6 Å². The molecule has 1 aromatic carbocycles. The zero-order valence-corrected chi connectivity index (χ0v) is 11.0. The molecule has 1 fully saturated rings. The van der Waals surface area contributed by atoms with Crippen molar-refractivity contribution in [1.29, 1.82) is 0 Å². The highest BCUT2D eigenvalue weighted by Gasteiger charge is 2.33. The second-order valence-electron chi connectivity index (χ2n) is 4.85. The summed E-state index contributed by atoms with van der Waals surface area (Å²) in [4.78, 5) is 8.22. The van der Waals surface area contributed by atoms with E-state index in [1.54, 1.807) is 6.07 Å². The van der Waals surface area contributed by atoms with Gasteiger partial charge in [0.05, 0.1) is 11.3 Å². The average molecular weight is 294 g/mol. The maximum atomic E-state index is 12.9. The number of hydrogen-bond acceptors (Lipinski definition) is 4. The standard InChI is InChI=1S/C14H13F3N4/c15-14(16,17)10-3-1-2-4-11(10)20-12-7-8-18-13(21-12)19-9-5-6-9/h1-4,7-9H,5-6H2,(H2,18,19,20,21). The highest BCUT2D eigenvalue weighted by atomic mass is 19.4. The quantitative estimate of drug-likeness (QED) is 0.900. The van der Waals surface area contributed by atoms with Crippen LogP contribution >= 0.6 is 0 Å². The molecule has 7 heteroatoms. The van der Waals surface area contributed by atoms with Crippen LogP contribution in [0.2, 0.25) is 0 Å². The Morgan fingerprint density at radius 3 is 2.57 bits per heavy atom. The first-order chi connectivity index (χ1) is 10.0. The molecule has 2 aromatic rings. The summed E-state index contributed by atoms with van der Waals surface area (Å²) in [6.45, 7) is 0. The number of hydrogen-bond donors (Lipinski definition) is 2. The lowest BCUT2D eigenvalue weighted by molar-refractivity contribution is -0.136. The molecule has 1 heterocycles. The van der Waals surface area contributed by atoms with Crippen LogP contribution in [0.5, 0.6) is 0 Å². The Labute approximate surface area is 119 Å². The third-order valence-electron chi connectivity index (χ3n) is 3.06. The fourth-order valence-electron chi connectivity index (χ4n) is 1.89. The van der Waals surface area contributed by atoms with Crippen molar-refractivity contribution in [2.24, 2.45) is 0 Å². The highest BCUT2D eigenvalue weighted by Crippen LogP contribution is 2.35. The van der Waals surface area contributed by atoms with Gasteiger partial charge in [0.15, 0.2) is 0 Å². The summed E-state index contributed by atoms with van der Waals surface area (Å²) in [5.74, 6) is 0.747. The first-order valence-electron chi connectivity index (χ1n) is 6.55. The van der Waals surface area contributed by atoms with E-state index in [-0.39, 0.29) is 5.69 Å². The summed E-state index contributed by atoms with van der Waals surface area (Å²) in [5.41, 5.74) is -0.749. The van der Waals surface area contributed by atoms with Gasteiger partial charge in [0, 0.05) is 12.2 Å². The molecular formula is C14H13F3N4. The molecule has 0 atom stereocenters. The fraction of sp³-hybridized carbons (Fsp3) is 0.286. The third-order valence-corrected chi connectivity index (χ3v) is 3.06. The summed E-state index contributed by atoms with van der Waals surface area (Å²) in [6, 6.07) is 7.22. The number of anilines is 3.